The summed E-state index contributed by atoms with van der Waals surface area (Å²) in [5.74, 6) is 0. The van der Waals surface area contributed by atoms with Gasteiger partial charge in [0, 0.05) is 7.11 Å². The van der Waals surface area contributed by atoms with E-state index in [9.17, 15) is 44.1 Å². The minimum atomic E-state index is -1.75. The fraction of sp³-hybridized carbons (Fsp3) is 0.778. The van der Waals surface area contributed by atoms with Crippen molar-refractivity contribution in [2.24, 2.45) is 0 Å². The van der Waals surface area contributed by atoms with Gasteiger partial charge in [0.2, 0.25) is 31.9 Å². The number of aliphatic hydroxyl groups excluding tert-OH is 3. The molecule has 5 fully saturated rings. The van der Waals surface area contributed by atoms with Crippen molar-refractivity contribution in [1.29, 1.82) is 0 Å². The number of aldehydes is 2. The van der Waals surface area contributed by atoms with Crippen molar-refractivity contribution in [2.45, 2.75) is 124 Å². The molecule has 21 nitrogen and oxygen atoms in total. The van der Waals surface area contributed by atoms with E-state index in [-0.39, 0.29) is 12.7 Å². The van der Waals surface area contributed by atoms with Gasteiger partial charge in [-0.2, -0.15) is 0 Å². The first-order chi connectivity index (χ1) is 23.1. The molecule has 0 aromatic carbocycles. The topological polar surface area (TPSA) is 267 Å². The zero-order valence-corrected chi connectivity index (χ0v) is 25.8. The van der Waals surface area contributed by atoms with Gasteiger partial charge in [-0.3, -0.25) is 24.0 Å². The molecule has 0 aromatic rings. The summed E-state index contributed by atoms with van der Waals surface area (Å²) in [6.07, 6.45) is -16.6. The number of hydrogen-bond acceptors (Lipinski definition) is 17. The van der Waals surface area contributed by atoms with Gasteiger partial charge in [-0.05, 0) is 13.8 Å². The minimum Gasteiger partial charge on any atom is -0.388 e. The predicted octanol–water partition coefficient (Wildman–Crippen LogP) is -5.98. The molecular weight excluding hydrogens is 652 g/mol. The van der Waals surface area contributed by atoms with Crippen molar-refractivity contribution in [2.75, 3.05) is 7.11 Å². The molecule has 0 spiro atoms. The summed E-state index contributed by atoms with van der Waals surface area (Å²) in [6.45, 7) is 2.90. The Morgan fingerprint density at radius 3 is 1.90 bits per heavy atom. The van der Waals surface area contributed by atoms with E-state index in [0.29, 0.717) is 25.5 Å². The van der Waals surface area contributed by atoms with Crippen LogP contribution >= 0.6 is 0 Å². The summed E-state index contributed by atoms with van der Waals surface area (Å²) in [6, 6.07) is -3.87. The van der Waals surface area contributed by atoms with Crippen molar-refractivity contribution in [3.63, 3.8) is 0 Å². The van der Waals surface area contributed by atoms with Gasteiger partial charge in [0.1, 0.15) is 61.0 Å². The second-order valence-corrected chi connectivity index (χ2v) is 11.7. The monoisotopic (exact) mass is 690 g/mol. The van der Waals surface area contributed by atoms with Crippen LogP contribution in [0.1, 0.15) is 13.8 Å². The Morgan fingerprint density at radius 1 is 0.750 bits per heavy atom. The Bertz CT molecular complexity index is 1190. The molecule has 18 atom stereocenters. The van der Waals surface area contributed by atoms with E-state index >= 15 is 0 Å². The molecule has 48 heavy (non-hydrogen) atoms. The summed E-state index contributed by atoms with van der Waals surface area (Å²) < 4.78 is 46.0. The number of carbonyl (C=O) groups excluding carboxylic acids is 6. The largest absolute Gasteiger partial charge is 0.388 e. The number of methoxy groups -OCH3 is 1. The van der Waals surface area contributed by atoms with E-state index in [0.717, 1.165) is 4.90 Å². The van der Waals surface area contributed by atoms with Crippen molar-refractivity contribution in [1.82, 2.24) is 20.4 Å². The Balaban J connectivity index is 1.36. The van der Waals surface area contributed by atoms with Gasteiger partial charge in [-0.15, -0.1) is 0 Å². The molecule has 268 valence electrons. The molecule has 5 rings (SSSR count). The van der Waals surface area contributed by atoms with Crippen LogP contribution < -0.4 is 10.6 Å². The summed E-state index contributed by atoms with van der Waals surface area (Å²) in [5.41, 5.74) is 0. The lowest BCUT2D eigenvalue weighted by Crippen LogP contribution is -2.66. The third kappa shape index (κ3) is 6.80. The number of rotatable bonds is 18. The number of nitrogens with zero attached hydrogens (tertiary/aromatic N) is 2. The third-order valence-corrected chi connectivity index (χ3v) is 8.94. The molecule has 0 bridgehead atoms. The van der Waals surface area contributed by atoms with E-state index in [1.54, 1.807) is 0 Å². The highest BCUT2D eigenvalue weighted by atomic mass is 16.8. The fourth-order valence-electron chi connectivity index (χ4n) is 6.29. The van der Waals surface area contributed by atoms with Crippen LogP contribution in [0, 0.1) is 0 Å². The molecule has 0 saturated carbocycles. The van der Waals surface area contributed by atoms with Gasteiger partial charge in [0.15, 0.2) is 37.6 Å². The molecule has 10 unspecified atom stereocenters. The van der Waals surface area contributed by atoms with Crippen LogP contribution in [0.25, 0.3) is 0 Å². The number of aliphatic hydroxyl groups is 3. The van der Waals surface area contributed by atoms with Crippen LogP contribution in [-0.4, -0.2) is 181 Å². The van der Waals surface area contributed by atoms with Crippen LogP contribution in [-0.2, 0) is 66.7 Å². The zero-order valence-electron chi connectivity index (χ0n) is 25.8. The lowest BCUT2D eigenvalue weighted by molar-refractivity contribution is -0.356. The Morgan fingerprint density at radius 2 is 1.35 bits per heavy atom. The fourth-order valence-corrected chi connectivity index (χ4v) is 6.29. The van der Waals surface area contributed by atoms with E-state index in [1.807, 2.05) is 0 Å². The van der Waals surface area contributed by atoms with Gasteiger partial charge < -0.3 is 78.4 Å². The van der Waals surface area contributed by atoms with Crippen LogP contribution in [0.2, 0.25) is 0 Å². The van der Waals surface area contributed by atoms with Crippen LogP contribution in [0.3, 0.4) is 0 Å². The second kappa shape index (κ2) is 15.1. The van der Waals surface area contributed by atoms with Gasteiger partial charge in [0.05, 0.1) is 18.2 Å². The van der Waals surface area contributed by atoms with Crippen LogP contribution in [0.15, 0.2) is 0 Å². The normalized spacial score (nSPS) is 43.3. The van der Waals surface area contributed by atoms with Gasteiger partial charge in [-0.1, -0.05) is 0 Å². The van der Waals surface area contributed by atoms with Gasteiger partial charge in [0.25, 0.3) is 0 Å². The maximum atomic E-state index is 12.0. The molecule has 0 aliphatic carbocycles. The van der Waals surface area contributed by atoms with E-state index in [4.69, 9.17) is 37.9 Å². The Hall–Kier alpha value is -3.22. The molecule has 0 aromatic heterocycles. The highest BCUT2D eigenvalue weighted by Gasteiger charge is 2.64. The minimum absolute atomic E-state index is 0.214. The number of nitrogens with one attached hydrogen (secondary N) is 2. The highest BCUT2D eigenvalue weighted by molar-refractivity contribution is 5.64. The van der Waals surface area contributed by atoms with E-state index in [1.165, 1.54) is 25.9 Å². The molecule has 21 heteroatoms. The molecule has 0 radical (unpaired) electrons. The third-order valence-electron chi connectivity index (χ3n) is 8.94. The predicted molar refractivity (Wildman–Crippen MR) is 147 cm³/mol. The molecule has 5 aliphatic heterocycles. The number of carbonyl (C=O) groups is 6. The summed E-state index contributed by atoms with van der Waals surface area (Å²) in [4.78, 5) is 71.0. The smallest absolute Gasteiger partial charge is 0.215 e. The maximum absolute atomic E-state index is 12.0. The highest BCUT2D eigenvalue weighted by Crippen LogP contribution is 2.43. The van der Waals surface area contributed by atoms with E-state index < -0.39 is 111 Å². The Labute approximate surface area is 272 Å². The first kappa shape index (κ1) is 36.1. The number of hydrogen-bond donors (Lipinski definition) is 5. The summed E-state index contributed by atoms with van der Waals surface area (Å²) in [7, 11) is 1.28. The molecule has 5 heterocycles. The lowest BCUT2D eigenvalue weighted by atomic mass is 9.96. The lowest BCUT2D eigenvalue weighted by Gasteiger charge is -2.47. The molecule has 5 saturated heterocycles. The van der Waals surface area contributed by atoms with Crippen molar-refractivity contribution < 1.29 is 82.0 Å². The van der Waals surface area contributed by atoms with Crippen molar-refractivity contribution in [3.05, 3.63) is 0 Å². The second-order valence-electron chi connectivity index (χ2n) is 11.7. The quantitative estimate of drug-likeness (QED) is 0.0509. The number of amides is 4. The molecular formula is C27H38N4O17. The SMILES string of the molecule is CO[C@H]1OC2[C@H](C(O)C1O[C@H]1OC(C)[C@@H](NC=O)C(O[C@H]3OC4[C@H](C(O)C3O[C@H](C=O)OC(C)[C@H](C=O)NC=O)N4C=O)C1O)N2C=O. The van der Waals surface area contributed by atoms with Crippen LogP contribution in [0.5, 0.6) is 0 Å². The molecule has 5 aliphatic rings. The first-order valence-electron chi connectivity index (χ1n) is 15.0. The first-order valence-corrected chi connectivity index (χ1v) is 15.0. The Kier molecular flexibility index (Phi) is 11.4. The standard InChI is InChI=1S/C27H38N4O17/c1-10(12(4-32)28-6-34)42-13(5-33)44-22-18(39)16-24(31(16)9-37)48-27(22)45-20-14(29-7-35)11(2)43-25(19(20)40)46-21-17(38)15-23(30(15)8-36)47-26(21)41-3/h4-27,38-40H,1-3H3,(H,28,34)(H,29,35)/t10?,11?,12-,13+,14+,15-,16-,17?,18?,19?,20?,21?,22?,23?,24?,25+,26-,27-,30?,31?/m0/s1. The van der Waals surface area contributed by atoms with Gasteiger partial charge in [-0.25, -0.2) is 0 Å². The van der Waals surface area contributed by atoms with Crippen molar-refractivity contribution in [3.8, 4) is 0 Å². The summed E-state index contributed by atoms with van der Waals surface area (Å²) in [5, 5.41) is 38.3. The molecule has 4 amide bonds. The van der Waals surface area contributed by atoms with E-state index in [2.05, 4.69) is 10.6 Å². The average Bonchev–Trinajstić information content (AvgIpc) is 3.98. The average molecular weight is 691 g/mol. The maximum Gasteiger partial charge on any atom is 0.215 e. The van der Waals surface area contributed by atoms with Crippen LogP contribution in [0.4, 0.5) is 0 Å². The molecule has 5 N–H and O–H groups in total. The number of fused-ring (bicyclic) bond motifs is 2. The van der Waals surface area contributed by atoms with Gasteiger partial charge >= 0.3 is 0 Å². The zero-order chi connectivity index (χ0) is 34.9. The summed E-state index contributed by atoms with van der Waals surface area (Å²) >= 11 is 0. The number of ether oxygens (including phenoxy) is 8. The van der Waals surface area contributed by atoms with Crippen molar-refractivity contribution >= 4 is 38.2 Å².